The van der Waals surface area contributed by atoms with E-state index in [0.717, 1.165) is 5.56 Å². The Hall–Kier alpha value is -3.30. The van der Waals surface area contributed by atoms with Gasteiger partial charge in [0.25, 0.3) is 0 Å². The van der Waals surface area contributed by atoms with Gasteiger partial charge in [-0.3, -0.25) is 14.4 Å². The molecule has 0 radical (unpaired) electrons. The van der Waals surface area contributed by atoms with Crippen molar-refractivity contribution < 1.29 is 28.7 Å². The smallest absolute Gasteiger partial charge is 0.408 e. The fraction of sp³-hybridized carbons (Fsp3) is 0.630. The molecule has 0 bridgehead atoms. The molecule has 37 heavy (non-hydrogen) atoms. The summed E-state index contributed by atoms with van der Waals surface area (Å²) in [7, 11) is 1.53. The van der Waals surface area contributed by atoms with E-state index >= 15 is 0 Å². The van der Waals surface area contributed by atoms with E-state index in [0.29, 0.717) is 37.4 Å². The van der Waals surface area contributed by atoms with Crippen LogP contribution in [0.1, 0.15) is 59.9 Å². The Kier molecular flexibility index (Phi) is 10.3. The van der Waals surface area contributed by atoms with E-state index in [2.05, 4.69) is 16.0 Å². The Morgan fingerprint density at radius 2 is 1.65 bits per heavy atom. The standard InChI is InChI=1S/C27H42N4O6/c1-16(2)22(30-26(35)37-27(5,6)7)25(34)31-13-11-19(12-14-31)24(33)28-18(4)23(32)29-20-15-17(3)9-10-21(20)36-8/h9-10,15-16,18-19,22H,11-14H2,1-8H3,(H,28,33)(H,29,32)(H,30,35)/t18-,22-/m0/s1. The SMILES string of the molecule is COc1ccc(C)cc1NC(=O)[C@H](C)NC(=O)C1CCN(C(=O)[C@@H](NC(=O)OC(C)(C)C)C(C)C)CC1. The lowest BCUT2D eigenvalue weighted by molar-refractivity contribution is -0.138. The van der Waals surface area contributed by atoms with Crippen LogP contribution < -0.4 is 20.7 Å². The summed E-state index contributed by atoms with van der Waals surface area (Å²) in [5.41, 5.74) is 0.843. The molecular formula is C27H42N4O6. The number of likely N-dealkylation sites (tertiary alicyclic amines) is 1. The number of nitrogens with zero attached hydrogens (tertiary/aromatic N) is 1. The molecule has 1 heterocycles. The molecule has 1 saturated heterocycles. The highest BCUT2D eigenvalue weighted by Gasteiger charge is 2.34. The van der Waals surface area contributed by atoms with Crippen LogP contribution in [0.2, 0.25) is 0 Å². The van der Waals surface area contributed by atoms with Gasteiger partial charge in [-0.05, 0) is 71.1 Å². The van der Waals surface area contributed by atoms with E-state index in [1.54, 1.807) is 44.7 Å². The van der Waals surface area contributed by atoms with Crippen molar-refractivity contribution in [2.24, 2.45) is 11.8 Å². The van der Waals surface area contributed by atoms with E-state index in [4.69, 9.17) is 9.47 Å². The number of alkyl carbamates (subject to hydrolysis) is 1. The molecule has 10 nitrogen and oxygen atoms in total. The first-order chi connectivity index (χ1) is 17.2. The van der Waals surface area contributed by atoms with Gasteiger partial charge >= 0.3 is 6.09 Å². The Balaban J connectivity index is 1.89. The highest BCUT2D eigenvalue weighted by molar-refractivity contribution is 5.98. The number of hydrogen-bond acceptors (Lipinski definition) is 6. The number of amides is 4. The van der Waals surface area contributed by atoms with Crippen LogP contribution in [-0.4, -0.2) is 66.6 Å². The number of benzene rings is 1. The summed E-state index contributed by atoms with van der Waals surface area (Å²) < 4.78 is 10.6. The first kappa shape index (κ1) is 29.9. The number of carbonyl (C=O) groups excluding carboxylic acids is 4. The van der Waals surface area contributed by atoms with Crippen LogP contribution in [0.4, 0.5) is 10.5 Å². The number of nitrogens with one attached hydrogen (secondary N) is 3. The zero-order valence-electron chi connectivity index (χ0n) is 23.3. The van der Waals surface area contributed by atoms with Crippen LogP contribution in [0.3, 0.4) is 0 Å². The minimum Gasteiger partial charge on any atom is -0.495 e. The van der Waals surface area contributed by atoms with Crippen molar-refractivity contribution in [1.82, 2.24) is 15.5 Å². The van der Waals surface area contributed by atoms with E-state index in [-0.39, 0.29) is 29.6 Å². The predicted octanol–water partition coefficient (Wildman–Crippen LogP) is 3.23. The third-order valence-corrected chi connectivity index (χ3v) is 6.15. The maximum absolute atomic E-state index is 13.1. The van der Waals surface area contributed by atoms with Gasteiger partial charge in [-0.25, -0.2) is 4.79 Å². The van der Waals surface area contributed by atoms with Crippen LogP contribution in [0.5, 0.6) is 5.75 Å². The molecule has 0 saturated carbocycles. The molecule has 2 atom stereocenters. The predicted molar refractivity (Wildman–Crippen MR) is 141 cm³/mol. The third-order valence-electron chi connectivity index (χ3n) is 6.15. The maximum atomic E-state index is 13.1. The molecule has 1 aromatic rings. The van der Waals surface area contributed by atoms with Gasteiger partial charge < -0.3 is 30.3 Å². The van der Waals surface area contributed by atoms with Gasteiger partial charge in [-0.2, -0.15) is 0 Å². The van der Waals surface area contributed by atoms with Crippen LogP contribution >= 0.6 is 0 Å². The van der Waals surface area contributed by atoms with Crippen molar-refractivity contribution in [1.29, 1.82) is 0 Å². The first-order valence-electron chi connectivity index (χ1n) is 12.8. The molecule has 0 aromatic heterocycles. The summed E-state index contributed by atoms with van der Waals surface area (Å²) in [5.74, 6) is -0.678. The Bertz CT molecular complexity index is 980. The van der Waals surface area contributed by atoms with E-state index in [1.165, 1.54) is 7.11 Å². The quantitative estimate of drug-likeness (QED) is 0.485. The van der Waals surface area contributed by atoms with Gasteiger partial charge in [-0.1, -0.05) is 19.9 Å². The van der Waals surface area contributed by atoms with Crippen molar-refractivity contribution >= 4 is 29.5 Å². The van der Waals surface area contributed by atoms with Gasteiger partial charge in [0.05, 0.1) is 12.8 Å². The maximum Gasteiger partial charge on any atom is 0.408 e. The summed E-state index contributed by atoms with van der Waals surface area (Å²) in [4.78, 5) is 52.6. The molecule has 2 rings (SSSR count). The minimum atomic E-state index is -0.749. The first-order valence-corrected chi connectivity index (χ1v) is 12.8. The molecule has 1 aromatic carbocycles. The largest absolute Gasteiger partial charge is 0.495 e. The molecule has 1 fully saturated rings. The molecule has 0 unspecified atom stereocenters. The highest BCUT2D eigenvalue weighted by Crippen LogP contribution is 2.25. The molecule has 1 aliphatic heterocycles. The lowest BCUT2D eigenvalue weighted by Crippen LogP contribution is -2.54. The molecule has 1 aliphatic rings. The van der Waals surface area contributed by atoms with Crippen LogP contribution in [0.25, 0.3) is 0 Å². The number of carbonyl (C=O) groups is 4. The fourth-order valence-corrected chi connectivity index (χ4v) is 4.06. The number of aryl methyl sites for hydroxylation is 1. The van der Waals surface area contributed by atoms with Gasteiger partial charge in [0.15, 0.2) is 0 Å². The van der Waals surface area contributed by atoms with Crippen molar-refractivity contribution in [3.8, 4) is 5.75 Å². The molecule has 10 heteroatoms. The Morgan fingerprint density at radius 1 is 1.03 bits per heavy atom. The van der Waals surface area contributed by atoms with E-state index < -0.39 is 23.8 Å². The zero-order chi connectivity index (χ0) is 27.9. The molecular weight excluding hydrogens is 476 g/mol. The fourth-order valence-electron chi connectivity index (χ4n) is 4.06. The molecule has 3 N–H and O–H groups in total. The second-order valence-corrected chi connectivity index (χ2v) is 10.9. The summed E-state index contributed by atoms with van der Waals surface area (Å²) in [6.45, 7) is 13.3. The summed E-state index contributed by atoms with van der Waals surface area (Å²) in [6, 6.07) is 3.99. The average Bonchev–Trinajstić information content (AvgIpc) is 2.81. The van der Waals surface area contributed by atoms with Crippen molar-refractivity contribution in [2.45, 2.75) is 79.0 Å². The van der Waals surface area contributed by atoms with Crippen molar-refractivity contribution in [2.75, 3.05) is 25.5 Å². The second kappa shape index (κ2) is 12.8. The number of methoxy groups -OCH3 is 1. The zero-order valence-corrected chi connectivity index (χ0v) is 23.3. The van der Waals surface area contributed by atoms with E-state index in [9.17, 15) is 19.2 Å². The normalized spacial score (nSPS) is 16.0. The van der Waals surface area contributed by atoms with Crippen LogP contribution in [0, 0.1) is 18.8 Å². The van der Waals surface area contributed by atoms with Gasteiger partial charge in [0, 0.05) is 19.0 Å². The molecule has 206 valence electrons. The minimum absolute atomic E-state index is 0.132. The lowest BCUT2D eigenvalue weighted by atomic mass is 9.94. The highest BCUT2D eigenvalue weighted by atomic mass is 16.6. The summed E-state index contributed by atoms with van der Waals surface area (Å²) in [5, 5.41) is 8.28. The van der Waals surface area contributed by atoms with Gasteiger partial charge in [0.1, 0.15) is 23.4 Å². The van der Waals surface area contributed by atoms with E-state index in [1.807, 2.05) is 26.8 Å². The van der Waals surface area contributed by atoms with Crippen LogP contribution in [-0.2, 0) is 19.1 Å². The third kappa shape index (κ3) is 8.94. The molecule has 0 aliphatic carbocycles. The molecule has 4 amide bonds. The number of ether oxygens (including phenoxy) is 2. The number of piperidine rings is 1. The average molecular weight is 519 g/mol. The summed E-state index contributed by atoms with van der Waals surface area (Å²) >= 11 is 0. The van der Waals surface area contributed by atoms with Crippen molar-refractivity contribution in [3.05, 3.63) is 23.8 Å². The summed E-state index contributed by atoms with van der Waals surface area (Å²) in [6.07, 6.45) is 0.299. The number of rotatable bonds is 8. The second-order valence-electron chi connectivity index (χ2n) is 10.9. The van der Waals surface area contributed by atoms with Crippen molar-refractivity contribution in [3.63, 3.8) is 0 Å². The lowest BCUT2D eigenvalue weighted by Gasteiger charge is -2.35. The van der Waals surface area contributed by atoms with Crippen LogP contribution in [0.15, 0.2) is 18.2 Å². The molecule has 0 spiro atoms. The number of hydrogen-bond donors (Lipinski definition) is 3. The van der Waals surface area contributed by atoms with Gasteiger partial charge in [-0.15, -0.1) is 0 Å². The monoisotopic (exact) mass is 518 g/mol. The van der Waals surface area contributed by atoms with Gasteiger partial charge in [0.2, 0.25) is 17.7 Å². The topological polar surface area (TPSA) is 126 Å². The Labute approximate surface area is 219 Å². The number of anilines is 1. The Morgan fingerprint density at radius 3 is 2.19 bits per heavy atom.